The Hall–Kier alpha value is -2.48. The summed E-state index contributed by atoms with van der Waals surface area (Å²) >= 11 is 0. The highest BCUT2D eigenvalue weighted by Crippen LogP contribution is 2.17. The molecule has 0 saturated heterocycles. The van der Waals surface area contributed by atoms with Crippen molar-refractivity contribution in [1.29, 1.82) is 0 Å². The Bertz CT molecular complexity index is 687. The molecule has 8 heteroatoms. The monoisotopic (exact) mass is 288 g/mol. The van der Waals surface area contributed by atoms with Crippen molar-refractivity contribution in [3.63, 3.8) is 0 Å². The highest BCUT2D eigenvalue weighted by molar-refractivity contribution is 5.42. The van der Waals surface area contributed by atoms with Crippen LogP contribution in [-0.2, 0) is 6.54 Å². The average Bonchev–Trinajstić information content (AvgIpc) is 3.20. The number of furan rings is 1. The zero-order valence-electron chi connectivity index (χ0n) is 11.6. The maximum absolute atomic E-state index is 6.00. The van der Waals surface area contributed by atoms with Crippen LogP contribution in [-0.4, -0.2) is 25.1 Å². The van der Waals surface area contributed by atoms with Crippen molar-refractivity contribution in [1.82, 2.24) is 25.1 Å². The average molecular weight is 288 g/mol. The van der Waals surface area contributed by atoms with Crippen molar-refractivity contribution >= 4 is 0 Å². The van der Waals surface area contributed by atoms with E-state index in [1.165, 1.54) is 0 Å². The van der Waals surface area contributed by atoms with E-state index in [2.05, 4.69) is 27.4 Å². The molecule has 1 atom stereocenters. The van der Waals surface area contributed by atoms with Gasteiger partial charge in [0.2, 0.25) is 0 Å². The van der Waals surface area contributed by atoms with Gasteiger partial charge in [-0.1, -0.05) is 23.7 Å². The van der Waals surface area contributed by atoms with Gasteiger partial charge in [0.15, 0.2) is 11.6 Å². The summed E-state index contributed by atoms with van der Waals surface area (Å²) in [5, 5.41) is 12.0. The van der Waals surface area contributed by atoms with E-state index in [1.807, 2.05) is 6.20 Å². The maximum Gasteiger partial charge on any atom is 0.293 e. The van der Waals surface area contributed by atoms with Crippen molar-refractivity contribution in [3.8, 4) is 11.7 Å². The zero-order chi connectivity index (χ0) is 14.7. The number of aromatic nitrogens is 5. The van der Waals surface area contributed by atoms with Gasteiger partial charge in [-0.15, -0.1) is 5.10 Å². The standard InChI is InChI=1S/C13H16N6O2/c1-2-4-9(14)10-7-19(18-16-10)8-12-15-13(21-17-12)11-5-3-6-20-11/h3,5-7,9H,2,4,8,14H2,1H3. The summed E-state index contributed by atoms with van der Waals surface area (Å²) in [6.45, 7) is 2.45. The Kier molecular flexibility index (Phi) is 3.78. The molecule has 3 aromatic heterocycles. The molecule has 0 aromatic carbocycles. The van der Waals surface area contributed by atoms with Crippen LogP contribution >= 0.6 is 0 Å². The molecule has 0 aliphatic heterocycles. The van der Waals surface area contributed by atoms with E-state index >= 15 is 0 Å². The van der Waals surface area contributed by atoms with Crippen LogP contribution in [0, 0.1) is 0 Å². The van der Waals surface area contributed by atoms with Gasteiger partial charge >= 0.3 is 0 Å². The lowest BCUT2D eigenvalue weighted by Crippen LogP contribution is -2.10. The molecule has 0 saturated carbocycles. The topological polar surface area (TPSA) is 109 Å². The second kappa shape index (κ2) is 5.88. The van der Waals surface area contributed by atoms with E-state index in [9.17, 15) is 0 Å². The van der Waals surface area contributed by atoms with Crippen LogP contribution < -0.4 is 5.73 Å². The first-order chi connectivity index (χ1) is 10.3. The first-order valence-electron chi connectivity index (χ1n) is 6.78. The molecule has 2 N–H and O–H groups in total. The van der Waals surface area contributed by atoms with Crippen LogP contribution in [0.25, 0.3) is 11.7 Å². The Morgan fingerprint density at radius 2 is 2.33 bits per heavy atom. The third-order valence-corrected chi connectivity index (χ3v) is 3.04. The molecule has 0 bridgehead atoms. The SMILES string of the molecule is CCCC(N)c1cn(Cc2noc(-c3ccco3)n2)nn1. The van der Waals surface area contributed by atoms with Gasteiger partial charge in [0, 0.05) is 0 Å². The molecule has 0 amide bonds. The smallest absolute Gasteiger partial charge is 0.293 e. The Balaban J connectivity index is 1.70. The highest BCUT2D eigenvalue weighted by Gasteiger charge is 2.14. The largest absolute Gasteiger partial charge is 0.459 e. The lowest BCUT2D eigenvalue weighted by atomic mass is 10.1. The Morgan fingerprint density at radius 3 is 3.10 bits per heavy atom. The van der Waals surface area contributed by atoms with Crippen molar-refractivity contribution in [3.05, 3.63) is 36.1 Å². The zero-order valence-corrected chi connectivity index (χ0v) is 11.6. The van der Waals surface area contributed by atoms with Crippen LogP contribution in [0.3, 0.4) is 0 Å². The fourth-order valence-corrected chi connectivity index (χ4v) is 1.98. The van der Waals surface area contributed by atoms with Crippen LogP contribution in [0.5, 0.6) is 0 Å². The summed E-state index contributed by atoms with van der Waals surface area (Å²) in [5.74, 6) is 1.39. The summed E-state index contributed by atoms with van der Waals surface area (Å²) in [4.78, 5) is 4.25. The summed E-state index contributed by atoms with van der Waals surface area (Å²) in [6, 6.07) is 3.43. The van der Waals surface area contributed by atoms with Gasteiger partial charge in [-0.25, -0.2) is 4.68 Å². The quantitative estimate of drug-likeness (QED) is 0.736. The molecule has 21 heavy (non-hydrogen) atoms. The molecule has 3 rings (SSSR count). The predicted molar refractivity (Wildman–Crippen MR) is 73.0 cm³/mol. The molecular weight excluding hydrogens is 272 g/mol. The predicted octanol–water partition coefficient (Wildman–Crippen LogP) is 1.77. The van der Waals surface area contributed by atoms with Crippen molar-refractivity contribution in [2.24, 2.45) is 5.73 Å². The van der Waals surface area contributed by atoms with Crippen LogP contribution in [0.15, 0.2) is 33.5 Å². The molecule has 0 radical (unpaired) electrons. The number of hydrogen-bond donors (Lipinski definition) is 1. The third-order valence-electron chi connectivity index (χ3n) is 3.04. The maximum atomic E-state index is 6.00. The lowest BCUT2D eigenvalue weighted by Gasteiger charge is -2.04. The summed E-state index contributed by atoms with van der Waals surface area (Å²) in [6.07, 6.45) is 5.25. The fourth-order valence-electron chi connectivity index (χ4n) is 1.98. The van der Waals surface area contributed by atoms with E-state index in [0.29, 0.717) is 24.0 Å². The minimum absolute atomic E-state index is 0.0901. The molecule has 1 unspecified atom stereocenters. The highest BCUT2D eigenvalue weighted by atomic mass is 16.5. The summed E-state index contributed by atoms with van der Waals surface area (Å²) in [7, 11) is 0. The van der Waals surface area contributed by atoms with Crippen molar-refractivity contribution < 1.29 is 8.94 Å². The van der Waals surface area contributed by atoms with Gasteiger partial charge in [0.05, 0.1) is 24.2 Å². The first-order valence-corrected chi connectivity index (χ1v) is 6.78. The van der Waals surface area contributed by atoms with Crippen molar-refractivity contribution in [2.45, 2.75) is 32.4 Å². The van der Waals surface area contributed by atoms with E-state index in [0.717, 1.165) is 18.5 Å². The molecule has 0 aliphatic rings. The van der Waals surface area contributed by atoms with Crippen LogP contribution in [0.2, 0.25) is 0 Å². The van der Waals surface area contributed by atoms with Crippen LogP contribution in [0.4, 0.5) is 0 Å². The fraction of sp³-hybridized carbons (Fsp3) is 0.385. The molecular formula is C13H16N6O2. The molecule has 0 spiro atoms. The summed E-state index contributed by atoms with van der Waals surface area (Å²) < 4.78 is 12.0. The molecule has 0 fully saturated rings. The van der Waals surface area contributed by atoms with Gasteiger partial charge in [-0.05, 0) is 18.6 Å². The third kappa shape index (κ3) is 3.00. The Labute approximate surface area is 120 Å². The van der Waals surface area contributed by atoms with Crippen molar-refractivity contribution in [2.75, 3.05) is 0 Å². The minimum atomic E-state index is -0.0901. The minimum Gasteiger partial charge on any atom is -0.459 e. The van der Waals surface area contributed by atoms with E-state index < -0.39 is 0 Å². The lowest BCUT2D eigenvalue weighted by molar-refractivity contribution is 0.406. The van der Waals surface area contributed by atoms with E-state index in [1.54, 1.807) is 23.1 Å². The molecule has 3 aromatic rings. The van der Waals surface area contributed by atoms with Crippen LogP contribution in [0.1, 0.15) is 37.3 Å². The van der Waals surface area contributed by atoms with E-state index in [4.69, 9.17) is 14.7 Å². The molecule has 8 nitrogen and oxygen atoms in total. The Morgan fingerprint density at radius 1 is 1.43 bits per heavy atom. The molecule has 110 valence electrons. The van der Waals surface area contributed by atoms with Gasteiger partial charge in [-0.2, -0.15) is 4.98 Å². The number of hydrogen-bond acceptors (Lipinski definition) is 7. The van der Waals surface area contributed by atoms with Gasteiger partial charge in [0.1, 0.15) is 6.54 Å². The first kappa shape index (κ1) is 13.5. The van der Waals surface area contributed by atoms with Gasteiger partial charge in [0.25, 0.3) is 5.89 Å². The van der Waals surface area contributed by atoms with E-state index in [-0.39, 0.29) is 6.04 Å². The summed E-state index contributed by atoms with van der Waals surface area (Å²) in [5.41, 5.74) is 6.77. The second-order valence-electron chi connectivity index (χ2n) is 4.73. The normalized spacial score (nSPS) is 12.7. The molecule has 0 aliphatic carbocycles. The van der Waals surface area contributed by atoms with Gasteiger partial charge < -0.3 is 14.7 Å². The molecule has 3 heterocycles. The second-order valence-corrected chi connectivity index (χ2v) is 4.73. The van der Waals surface area contributed by atoms with Gasteiger partial charge in [-0.3, -0.25) is 0 Å². The number of nitrogens with zero attached hydrogens (tertiary/aromatic N) is 5. The number of nitrogens with two attached hydrogens (primary N) is 1. The number of rotatable bonds is 6.